The summed E-state index contributed by atoms with van der Waals surface area (Å²) >= 11 is -2.40. The Bertz CT molecular complexity index is 775. The van der Waals surface area contributed by atoms with E-state index in [9.17, 15) is 9.00 Å². The molecule has 2 aromatic carbocycles. The second kappa shape index (κ2) is 4.95. The fourth-order valence-corrected chi connectivity index (χ4v) is 2.45. The first kappa shape index (κ1) is 12.6. The van der Waals surface area contributed by atoms with E-state index in [1.54, 1.807) is 4.68 Å². The smallest absolute Gasteiger partial charge is 0.289 e. The summed E-state index contributed by atoms with van der Waals surface area (Å²) in [5.74, 6) is 0. The molecule has 0 spiro atoms. The van der Waals surface area contributed by atoms with Gasteiger partial charge < -0.3 is 0 Å². The largest absolute Gasteiger partial charge is 0.347 e. The van der Waals surface area contributed by atoms with Crippen LogP contribution in [0.4, 0.5) is 4.79 Å². The normalized spacial score (nSPS) is 12.4. The van der Waals surface area contributed by atoms with E-state index < -0.39 is 17.3 Å². The van der Waals surface area contributed by atoms with E-state index in [4.69, 9.17) is 4.55 Å². The van der Waals surface area contributed by atoms with Crippen LogP contribution in [-0.2, 0) is 11.3 Å². The fraction of sp³-hybridized carbons (Fsp3) is 0. The molecular formula is C13H11N3O3S. The number of carbonyl (C=O) groups excluding carboxylic acids is 1. The molecule has 0 fully saturated rings. The average Bonchev–Trinajstić information content (AvgIpc) is 2.73. The topological polar surface area (TPSA) is 83.4 Å². The Kier molecular flexibility index (Phi) is 3.13. The maximum absolute atomic E-state index is 11.6. The van der Waals surface area contributed by atoms with Crippen LogP contribution in [0.3, 0.4) is 0 Å². The van der Waals surface area contributed by atoms with E-state index in [1.165, 1.54) is 0 Å². The lowest BCUT2D eigenvalue weighted by Crippen LogP contribution is -2.34. The lowest BCUT2D eigenvalue weighted by molar-refractivity contribution is 0.254. The zero-order valence-electron chi connectivity index (χ0n) is 10.2. The van der Waals surface area contributed by atoms with Crippen LogP contribution in [0.1, 0.15) is 0 Å². The van der Waals surface area contributed by atoms with Crippen LogP contribution in [0.5, 0.6) is 0 Å². The quantitative estimate of drug-likeness (QED) is 0.632. The SMILES string of the molecule is O=C(Nn1c2ccccc2c2ccccc21)NS(=O)O. The molecule has 0 bridgehead atoms. The highest BCUT2D eigenvalue weighted by molar-refractivity contribution is 7.77. The standard InChI is InChI=1S/C13H11N3O3S/c17-13(15-20(18)19)14-16-11-7-3-1-5-9(11)10-6-2-4-8-12(10)16/h1-8H,(H,18,19)(H2,14,15,17). The van der Waals surface area contributed by atoms with E-state index in [0.717, 1.165) is 21.8 Å². The molecule has 0 saturated carbocycles. The van der Waals surface area contributed by atoms with Gasteiger partial charge in [0.15, 0.2) is 0 Å². The Hall–Kier alpha value is -2.38. The third kappa shape index (κ3) is 2.13. The fourth-order valence-electron chi connectivity index (χ4n) is 2.25. The van der Waals surface area contributed by atoms with Gasteiger partial charge in [0.1, 0.15) is 0 Å². The third-order valence-electron chi connectivity index (χ3n) is 2.97. The first-order chi connectivity index (χ1) is 9.66. The van der Waals surface area contributed by atoms with Crippen molar-refractivity contribution in [1.29, 1.82) is 0 Å². The van der Waals surface area contributed by atoms with Gasteiger partial charge in [-0.2, -0.15) is 0 Å². The van der Waals surface area contributed by atoms with Gasteiger partial charge in [0.25, 0.3) is 11.3 Å². The molecule has 1 unspecified atom stereocenters. The first-order valence-electron chi connectivity index (χ1n) is 5.83. The molecule has 0 aliphatic heterocycles. The Morgan fingerprint density at radius 1 is 1.00 bits per heavy atom. The summed E-state index contributed by atoms with van der Waals surface area (Å²) in [6, 6.07) is 14.5. The number of carbonyl (C=O) groups is 1. The van der Waals surface area contributed by atoms with E-state index in [1.807, 2.05) is 53.3 Å². The van der Waals surface area contributed by atoms with Crippen LogP contribution in [0, 0.1) is 0 Å². The molecule has 3 N–H and O–H groups in total. The highest BCUT2D eigenvalue weighted by atomic mass is 32.2. The molecule has 20 heavy (non-hydrogen) atoms. The number of para-hydroxylation sites is 2. The number of urea groups is 1. The molecule has 0 radical (unpaired) electrons. The molecule has 0 aliphatic carbocycles. The maximum atomic E-state index is 11.6. The number of benzene rings is 2. The molecule has 2 amide bonds. The van der Waals surface area contributed by atoms with Crippen molar-refractivity contribution in [3.63, 3.8) is 0 Å². The summed E-state index contributed by atoms with van der Waals surface area (Å²) in [6.07, 6.45) is 0. The van der Waals surface area contributed by atoms with Gasteiger partial charge in [0, 0.05) is 10.8 Å². The van der Waals surface area contributed by atoms with E-state index in [0.29, 0.717) is 0 Å². The Morgan fingerprint density at radius 2 is 1.50 bits per heavy atom. The summed E-state index contributed by atoms with van der Waals surface area (Å²) < 4.78 is 22.7. The van der Waals surface area contributed by atoms with Crippen molar-refractivity contribution in [3.8, 4) is 0 Å². The summed E-state index contributed by atoms with van der Waals surface area (Å²) in [6.45, 7) is 0. The number of nitrogens with one attached hydrogen (secondary N) is 2. The van der Waals surface area contributed by atoms with Crippen molar-refractivity contribution in [1.82, 2.24) is 9.40 Å². The number of hydrogen-bond acceptors (Lipinski definition) is 2. The van der Waals surface area contributed by atoms with Gasteiger partial charge in [-0.05, 0) is 12.1 Å². The average molecular weight is 289 g/mol. The Morgan fingerprint density at radius 3 is 2.00 bits per heavy atom. The molecule has 1 heterocycles. The predicted octanol–water partition coefficient (Wildman–Crippen LogP) is 2.18. The van der Waals surface area contributed by atoms with Crippen LogP contribution in [-0.4, -0.2) is 19.5 Å². The Balaban J connectivity index is 2.16. The molecule has 0 aliphatic rings. The van der Waals surface area contributed by atoms with Crippen molar-refractivity contribution in [2.45, 2.75) is 0 Å². The summed E-state index contributed by atoms with van der Waals surface area (Å²) in [5.41, 5.74) is 4.18. The van der Waals surface area contributed by atoms with Crippen molar-refractivity contribution >= 4 is 39.1 Å². The molecule has 3 aromatic rings. The third-order valence-corrected chi connectivity index (χ3v) is 3.33. The summed E-state index contributed by atoms with van der Waals surface area (Å²) in [4.78, 5) is 11.6. The molecule has 7 heteroatoms. The monoisotopic (exact) mass is 289 g/mol. The Labute approximate surface area is 116 Å². The van der Waals surface area contributed by atoms with Gasteiger partial charge in [-0.1, -0.05) is 36.4 Å². The van der Waals surface area contributed by atoms with Crippen molar-refractivity contribution in [2.75, 3.05) is 5.43 Å². The van der Waals surface area contributed by atoms with Crippen molar-refractivity contribution in [2.24, 2.45) is 0 Å². The molecule has 1 atom stereocenters. The first-order valence-corrected chi connectivity index (χ1v) is 6.94. The molecule has 0 saturated heterocycles. The predicted molar refractivity (Wildman–Crippen MR) is 78.1 cm³/mol. The van der Waals surface area contributed by atoms with Crippen LogP contribution in [0.15, 0.2) is 48.5 Å². The van der Waals surface area contributed by atoms with Gasteiger partial charge >= 0.3 is 6.03 Å². The van der Waals surface area contributed by atoms with Crippen LogP contribution < -0.4 is 10.1 Å². The minimum Gasteiger partial charge on any atom is -0.289 e. The summed E-state index contributed by atoms with van der Waals surface area (Å²) in [5, 5.41) is 1.99. The number of fused-ring (bicyclic) bond motifs is 3. The van der Waals surface area contributed by atoms with Crippen LogP contribution in [0.2, 0.25) is 0 Å². The van der Waals surface area contributed by atoms with Crippen LogP contribution >= 0.6 is 0 Å². The van der Waals surface area contributed by atoms with Crippen molar-refractivity contribution in [3.05, 3.63) is 48.5 Å². The van der Waals surface area contributed by atoms with Gasteiger partial charge in [0.05, 0.1) is 11.0 Å². The minimum atomic E-state index is -2.40. The van der Waals surface area contributed by atoms with Gasteiger partial charge in [-0.3, -0.25) is 9.23 Å². The zero-order valence-corrected chi connectivity index (χ0v) is 11.1. The molecule has 6 nitrogen and oxygen atoms in total. The molecule has 3 rings (SSSR count). The number of nitrogens with zero attached hydrogens (tertiary/aromatic N) is 1. The second-order valence-electron chi connectivity index (χ2n) is 4.16. The molecule has 102 valence electrons. The lowest BCUT2D eigenvalue weighted by atomic mass is 10.2. The van der Waals surface area contributed by atoms with E-state index in [2.05, 4.69) is 5.43 Å². The highest BCUT2D eigenvalue weighted by Crippen LogP contribution is 2.27. The lowest BCUT2D eigenvalue weighted by Gasteiger charge is -2.08. The van der Waals surface area contributed by atoms with Gasteiger partial charge in [-0.15, -0.1) is 0 Å². The number of hydrogen-bond donors (Lipinski definition) is 3. The maximum Gasteiger partial charge on any atom is 0.347 e. The number of aromatic nitrogens is 1. The molecule has 1 aromatic heterocycles. The van der Waals surface area contributed by atoms with E-state index >= 15 is 0 Å². The number of amides is 2. The van der Waals surface area contributed by atoms with E-state index in [-0.39, 0.29) is 0 Å². The van der Waals surface area contributed by atoms with Crippen LogP contribution in [0.25, 0.3) is 21.8 Å². The second-order valence-corrected chi connectivity index (χ2v) is 4.86. The molecular weight excluding hydrogens is 278 g/mol. The van der Waals surface area contributed by atoms with Crippen molar-refractivity contribution < 1.29 is 13.6 Å². The highest BCUT2D eigenvalue weighted by Gasteiger charge is 2.12. The van der Waals surface area contributed by atoms with Gasteiger partial charge in [0.2, 0.25) is 0 Å². The minimum absolute atomic E-state index is 0.752. The summed E-state index contributed by atoms with van der Waals surface area (Å²) in [7, 11) is 0. The zero-order chi connectivity index (χ0) is 14.1. The van der Waals surface area contributed by atoms with Gasteiger partial charge in [-0.25, -0.2) is 19.2 Å². The number of rotatable bonds is 2.